The van der Waals surface area contributed by atoms with E-state index in [1.54, 1.807) is 19.3 Å². The molecular formula is C22H24O4. The summed E-state index contributed by atoms with van der Waals surface area (Å²) >= 11 is 0. The molecule has 1 aromatic carbocycles. The Kier molecular flexibility index (Phi) is 4.86. The van der Waals surface area contributed by atoms with Gasteiger partial charge >= 0.3 is 5.97 Å². The molecule has 0 fully saturated rings. The topological polar surface area (TPSA) is 63.6 Å². The zero-order chi connectivity index (χ0) is 19.0. The molecule has 0 spiro atoms. The van der Waals surface area contributed by atoms with Crippen LogP contribution in [-0.4, -0.2) is 24.0 Å². The molecule has 0 saturated carbocycles. The molecule has 1 aromatic rings. The van der Waals surface area contributed by atoms with Crippen LogP contribution in [0.4, 0.5) is 0 Å². The summed E-state index contributed by atoms with van der Waals surface area (Å²) in [7, 11) is 1.61. The molecule has 2 atom stereocenters. The highest BCUT2D eigenvalue weighted by Gasteiger charge is 2.33. The third-order valence-electron chi connectivity index (χ3n) is 5.52. The van der Waals surface area contributed by atoms with Crippen molar-refractivity contribution in [3.8, 4) is 5.75 Å². The van der Waals surface area contributed by atoms with Gasteiger partial charge in [-0.2, -0.15) is 0 Å². The van der Waals surface area contributed by atoms with Crippen LogP contribution in [0.2, 0.25) is 0 Å². The first-order valence-corrected chi connectivity index (χ1v) is 8.90. The molecule has 1 unspecified atom stereocenters. The number of carbonyl (C=O) groups is 2. The Hall–Kier alpha value is -2.62. The summed E-state index contributed by atoms with van der Waals surface area (Å²) in [5.41, 5.74) is 3.84. The standard InChI is InChI=1S/C22H24O4/c1-5-13-6-15-7-14(12(2)3)8-16-9-19(22(24)25)20(23)10-17(16)18(15)11-21(13)26-4/h5-6,9-12,14,16H,1,7-8H2,2-4H3,(H,24,25)/t14-,16?/m0/s1. The second kappa shape index (κ2) is 6.94. The number of carboxylic acid groups (broad SMARTS) is 1. The van der Waals surface area contributed by atoms with E-state index < -0.39 is 11.8 Å². The average Bonchev–Trinajstić information content (AvgIpc) is 2.75. The average molecular weight is 352 g/mol. The summed E-state index contributed by atoms with van der Waals surface area (Å²) < 4.78 is 5.49. The number of benzene rings is 1. The Balaban J connectivity index is 2.20. The smallest absolute Gasteiger partial charge is 0.339 e. The number of hydrogen-bond donors (Lipinski definition) is 1. The number of ketones is 1. The lowest BCUT2D eigenvalue weighted by Crippen LogP contribution is -2.20. The van der Waals surface area contributed by atoms with Crippen molar-refractivity contribution in [2.45, 2.75) is 26.7 Å². The van der Waals surface area contributed by atoms with Crippen LogP contribution in [0, 0.1) is 17.8 Å². The maximum Gasteiger partial charge on any atom is 0.339 e. The first-order valence-electron chi connectivity index (χ1n) is 8.90. The highest BCUT2D eigenvalue weighted by Crippen LogP contribution is 2.44. The van der Waals surface area contributed by atoms with Gasteiger partial charge in [0.05, 0.1) is 7.11 Å². The van der Waals surface area contributed by atoms with E-state index in [-0.39, 0.29) is 11.5 Å². The normalized spacial score (nSPS) is 21.9. The largest absolute Gasteiger partial charge is 0.496 e. The van der Waals surface area contributed by atoms with E-state index in [1.165, 1.54) is 6.08 Å². The molecule has 4 nitrogen and oxygen atoms in total. The van der Waals surface area contributed by atoms with Crippen molar-refractivity contribution in [1.82, 2.24) is 0 Å². The molecule has 2 aliphatic rings. The molecule has 0 amide bonds. The van der Waals surface area contributed by atoms with Gasteiger partial charge in [0.15, 0.2) is 5.78 Å². The van der Waals surface area contributed by atoms with Crippen LogP contribution >= 0.6 is 0 Å². The Morgan fingerprint density at radius 2 is 2.12 bits per heavy atom. The maximum atomic E-state index is 12.3. The van der Waals surface area contributed by atoms with Gasteiger partial charge in [0, 0.05) is 11.5 Å². The fourth-order valence-corrected chi connectivity index (χ4v) is 3.97. The van der Waals surface area contributed by atoms with Gasteiger partial charge < -0.3 is 9.84 Å². The number of allylic oxidation sites excluding steroid dienone is 3. The molecule has 136 valence electrons. The molecule has 26 heavy (non-hydrogen) atoms. The second-order valence-corrected chi connectivity index (χ2v) is 7.36. The monoisotopic (exact) mass is 352 g/mol. The van der Waals surface area contributed by atoms with E-state index in [0.29, 0.717) is 17.6 Å². The number of carbonyl (C=O) groups excluding carboxylic acids is 1. The SMILES string of the molecule is C=Cc1cc2c(cc1OC)C1=CC(=O)C(C(=O)O)=CC1C[C@@H](C(C)C)C2. The maximum absolute atomic E-state index is 12.3. The van der Waals surface area contributed by atoms with Crippen molar-refractivity contribution < 1.29 is 19.4 Å². The van der Waals surface area contributed by atoms with Crippen LogP contribution in [0.25, 0.3) is 11.6 Å². The van der Waals surface area contributed by atoms with Crippen LogP contribution in [0.15, 0.2) is 36.4 Å². The summed E-state index contributed by atoms with van der Waals surface area (Å²) in [6.07, 6.45) is 6.62. The number of fused-ring (bicyclic) bond motifs is 3. The Morgan fingerprint density at radius 1 is 1.38 bits per heavy atom. The molecule has 2 aliphatic carbocycles. The summed E-state index contributed by atoms with van der Waals surface area (Å²) in [6, 6.07) is 4.04. The van der Waals surface area contributed by atoms with Gasteiger partial charge in [0.25, 0.3) is 0 Å². The zero-order valence-electron chi connectivity index (χ0n) is 15.4. The molecule has 0 radical (unpaired) electrons. The van der Waals surface area contributed by atoms with Crippen LogP contribution < -0.4 is 4.74 Å². The predicted molar refractivity (Wildman–Crippen MR) is 102 cm³/mol. The lowest BCUT2D eigenvalue weighted by Gasteiger charge is -2.24. The molecule has 0 bridgehead atoms. The molecule has 3 rings (SSSR count). The molecule has 0 heterocycles. The van der Waals surface area contributed by atoms with E-state index in [0.717, 1.165) is 35.1 Å². The van der Waals surface area contributed by atoms with Crippen molar-refractivity contribution in [3.05, 3.63) is 53.1 Å². The quantitative estimate of drug-likeness (QED) is 0.827. The Labute approximate surface area is 153 Å². The van der Waals surface area contributed by atoms with Gasteiger partial charge in [0.1, 0.15) is 11.3 Å². The van der Waals surface area contributed by atoms with E-state index in [4.69, 9.17) is 4.74 Å². The Bertz CT molecular complexity index is 842. The van der Waals surface area contributed by atoms with Gasteiger partial charge in [-0.1, -0.05) is 32.6 Å². The molecule has 0 aromatic heterocycles. The zero-order valence-corrected chi connectivity index (χ0v) is 15.4. The third kappa shape index (κ3) is 3.12. The molecular weight excluding hydrogens is 328 g/mol. The number of carboxylic acids is 1. The lowest BCUT2D eigenvalue weighted by molar-refractivity contribution is -0.134. The summed E-state index contributed by atoms with van der Waals surface area (Å²) in [6.45, 7) is 8.24. The molecule has 1 N–H and O–H groups in total. The minimum absolute atomic E-state index is 0.0771. The van der Waals surface area contributed by atoms with Crippen molar-refractivity contribution in [3.63, 3.8) is 0 Å². The molecule has 0 aliphatic heterocycles. The van der Waals surface area contributed by atoms with Gasteiger partial charge in [-0.15, -0.1) is 0 Å². The number of ether oxygens (including phenoxy) is 1. The van der Waals surface area contributed by atoms with Crippen LogP contribution in [-0.2, 0) is 16.0 Å². The van der Waals surface area contributed by atoms with Gasteiger partial charge in [0.2, 0.25) is 0 Å². The number of methoxy groups -OCH3 is 1. The number of rotatable bonds is 4. The van der Waals surface area contributed by atoms with Gasteiger partial charge in [-0.3, -0.25) is 4.79 Å². The van der Waals surface area contributed by atoms with E-state index in [1.807, 2.05) is 6.07 Å². The number of hydrogen-bond acceptors (Lipinski definition) is 3. The lowest BCUT2D eigenvalue weighted by atomic mass is 9.79. The van der Waals surface area contributed by atoms with E-state index in [9.17, 15) is 14.7 Å². The van der Waals surface area contributed by atoms with Crippen molar-refractivity contribution in [1.29, 1.82) is 0 Å². The van der Waals surface area contributed by atoms with E-state index >= 15 is 0 Å². The van der Waals surface area contributed by atoms with E-state index in [2.05, 4.69) is 26.5 Å². The Morgan fingerprint density at radius 3 is 2.69 bits per heavy atom. The van der Waals surface area contributed by atoms with Crippen molar-refractivity contribution in [2.24, 2.45) is 17.8 Å². The first-order chi connectivity index (χ1) is 12.3. The fraction of sp³-hybridized carbons (Fsp3) is 0.364. The van der Waals surface area contributed by atoms with Gasteiger partial charge in [-0.05, 0) is 59.6 Å². The number of aliphatic carboxylic acids is 1. The van der Waals surface area contributed by atoms with Gasteiger partial charge in [-0.25, -0.2) is 4.79 Å². The fourth-order valence-electron chi connectivity index (χ4n) is 3.97. The summed E-state index contributed by atoms with van der Waals surface area (Å²) in [5.74, 6) is -0.112. The van der Waals surface area contributed by atoms with Crippen LogP contribution in [0.3, 0.4) is 0 Å². The minimum Gasteiger partial charge on any atom is -0.496 e. The third-order valence-corrected chi connectivity index (χ3v) is 5.52. The van der Waals surface area contributed by atoms with Crippen molar-refractivity contribution in [2.75, 3.05) is 7.11 Å². The van der Waals surface area contributed by atoms with Crippen LogP contribution in [0.5, 0.6) is 5.75 Å². The first kappa shape index (κ1) is 18.2. The van der Waals surface area contributed by atoms with Crippen molar-refractivity contribution >= 4 is 23.4 Å². The summed E-state index contributed by atoms with van der Waals surface area (Å²) in [4.78, 5) is 23.8. The molecule has 0 saturated heterocycles. The highest BCUT2D eigenvalue weighted by atomic mass is 16.5. The summed E-state index contributed by atoms with van der Waals surface area (Å²) in [5, 5.41) is 9.34. The van der Waals surface area contributed by atoms with Crippen LogP contribution in [0.1, 0.15) is 37.0 Å². The second-order valence-electron chi connectivity index (χ2n) is 7.36. The predicted octanol–water partition coefficient (Wildman–Crippen LogP) is 4.15. The molecule has 4 heteroatoms. The minimum atomic E-state index is -1.16. The highest BCUT2D eigenvalue weighted by molar-refractivity contribution is 6.24.